The second kappa shape index (κ2) is 3.77. The molecule has 0 bridgehead atoms. The van der Waals surface area contributed by atoms with E-state index in [1.54, 1.807) is 0 Å². The zero-order chi connectivity index (χ0) is 11.8. The first-order valence-corrected chi connectivity index (χ1v) is 5.85. The minimum Gasteiger partial charge on any atom is -0.397 e. The highest BCUT2D eigenvalue weighted by Crippen LogP contribution is 2.35. The molecule has 3 rings (SSSR count). The lowest BCUT2D eigenvalue weighted by molar-refractivity contribution is -0.117. The quantitative estimate of drug-likeness (QED) is 0.759. The van der Waals surface area contributed by atoms with Crippen molar-refractivity contribution < 1.29 is 4.79 Å². The van der Waals surface area contributed by atoms with Crippen molar-refractivity contribution in [3.63, 3.8) is 0 Å². The third-order valence-electron chi connectivity index (χ3n) is 3.28. The Balaban J connectivity index is 2.26. The maximum absolute atomic E-state index is 11.8. The van der Waals surface area contributed by atoms with E-state index in [0.29, 0.717) is 12.1 Å². The number of rotatable bonds is 1. The van der Waals surface area contributed by atoms with Crippen LogP contribution in [0, 0.1) is 0 Å². The summed E-state index contributed by atoms with van der Waals surface area (Å²) < 4.78 is 0. The van der Waals surface area contributed by atoms with Gasteiger partial charge in [0, 0.05) is 18.4 Å². The largest absolute Gasteiger partial charge is 0.397 e. The molecule has 0 saturated carbocycles. The summed E-state index contributed by atoms with van der Waals surface area (Å²) in [6.07, 6.45) is 1.55. The van der Waals surface area contributed by atoms with Gasteiger partial charge in [0.25, 0.3) is 0 Å². The van der Waals surface area contributed by atoms with E-state index < -0.39 is 0 Å². The molecule has 1 aliphatic heterocycles. The van der Waals surface area contributed by atoms with Gasteiger partial charge in [-0.1, -0.05) is 30.3 Å². The highest BCUT2D eigenvalue weighted by Gasteiger charge is 2.24. The molecule has 1 fully saturated rings. The Kier molecular flexibility index (Phi) is 2.25. The highest BCUT2D eigenvalue weighted by atomic mass is 16.2. The van der Waals surface area contributed by atoms with Crippen LogP contribution in [0.2, 0.25) is 0 Å². The van der Waals surface area contributed by atoms with Gasteiger partial charge >= 0.3 is 0 Å². The van der Waals surface area contributed by atoms with Crippen molar-refractivity contribution in [3.8, 4) is 0 Å². The summed E-state index contributed by atoms with van der Waals surface area (Å²) in [6.45, 7) is 0.775. The molecule has 0 spiro atoms. The number of nitrogen functional groups attached to an aromatic ring is 1. The van der Waals surface area contributed by atoms with E-state index in [-0.39, 0.29) is 5.91 Å². The van der Waals surface area contributed by atoms with Crippen LogP contribution in [0.25, 0.3) is 10.8 Å². The first-order valence-electron chi connectivity index (χ1n) is 5.85. The second-order valence-electron chi connectivity index (χ2n) is 4.37. The molecule has 2 aromatic carbocycles. The first kappa shape index (κ1) is 10.1. The number of benzene rings is 2. The fraction of sp³-hybridized carbons (Fsp3) is 0.214. The Morgan fingerprint density at radius 3 is 2.71 bits per heavy atom. The molecule has 86 valence electrons. The normalized spacial score (nSPS) is 15.8. The molecule has 0 aliphatic carbocycles. The maximum Gasteiger partial charge on any atom is 0.227 e. The standard InChI is InChI=1S/C14H14N2O/c15-12-8-7-10-4-1-2-5-11(10)14(12)16-9-3-6-13(16)17/h1-2,4-5,7-8H,3,6,9,15H2. The van der Waals surface area contributed by atoms with Crippen LogP contribution in [-0.2, 0) is 4.79 Å². The molecule has 1 heterocycles. The smallest absolute Gasteiger partial charge is 0.227 e. The number of carbonyl (C=O) groups is 1. The molecule has 0 unspecified atom stereocenters. The third kappa shape index (κ3) is 1.55. The van der Waals surface area contributed by atoms with Gasteiger partial charge in [0.1, 0.15) is 0 Å². The Bertz CT molecular complexity index is 592. The lowest BCUT2D eigenvalue weighted by Gasteiger charge is -2.20. The third-order valence-corrected chi connectivity index (χ3v) is 3.28. The van der Waals surface area contributed by atoms with E-state index in [1.165, 1.54) is 0 Å². The molecule has 2 aromatic rings. The van der Waals surface area contributed by atoms with Crippen LogP contribution in [0.15, 0.2) is 36.4 Å². The van der Waals surface area contributed by atoms with Crippen LogP contribution in [-0.4, -0.2) is 12.5 Å². The maximum atomic E-state index is 11.8. The molecule has 1 saturated heterocycles. The topological polar surface area (TPSA) is 46.3 Å². The van der Waals surface area contributed by atoms with Crippen LogP contribution in [0.5, 0.6) is 0 Å². The molecule has 1 aliphatic rings. The van der Waals surface area contributed by atoms with E-state index in [0.717, 1.165) is 29.4 Å². The summed E-state index contributed by atoms with van der Waals surface area (Å²) in [5.41, 5.74) is 7.59. The van der Waals surface area contributed by atoms with E-state index in [9.17, 15) is 4.79 Å². The first-order chi connectivity index (χ1) is 8.27. The highest BCUT2D eigenvalue weighted by molar-refractivity contribution is 6.08. The van der Waals surface area contributed by atoms with Crippen LogP contribution < -0.4 is 10.6 Å². The van der Waals surface area contributed by atoms with Crippen LogP contribution in [0.3, 0.4) is 0 Å². The van der Waals surface area contributed by atoms with Gasteiger partial charge < -0.3 is 10.6 Å². The van der Waals surface area contributed by atoms with Crippen LogP contribution in [0.4, 0.5) is 11.4 Å². The number of nitrogens with two attached hydrogens (primary N) is 1. The number of carbonyl (C=O) groups excluding carboxylic acids is 1. The van der Waals surface area contributed by atoms with Gasteiger partial charge in [0.2, 0.25) is 5.91 Å². The summed E-state index contributed by atoms with van der Waals surface area (Å²) in [5.74, 6) is 0.174. The molecule has 17 heavy (non-hydrogen) atoms. The zero-order valence-electron chi connectivity index (χ0n) is 9.52. The van der Waals surface area contributed by atoms with E-state index in [4.69, 9.17) is 5.73 Å². The van der Waals surface area contributed by atoms with E-state index >= 15 is 0 Å². The number of anilines is 2. The SMILES string of the molecule is Nc1ccc2ccccc2c1N1CCCC1=O. The molecule has 0 radical (unpaired) electrons. The lowest BCUT2D eigenvalue weighted by atomic mass is 10.1. The summed E-state index contributed by atoms with van der Waals surface area (Å²) in [5, 5.41) is 2.18. The van der Waals surface area contributed by atoms with Crippen molar-refractivity contribution in [2.24, 2.45) is 0 Å². The molecule has 0 atom stereocenters. The number of hydrogen-bond acceptors (Lipinski definition) is 2. The van der Waals surface area contributed by atoms with Crippen molar-refractivity contribution in [2.75, 3.05) is 17.2 Å². The van der Waals surface area contributed by atoms with Crippen molar-refractivity contribution in [3.05, 3.63) is 36.4 Å². The fourth-order valence-electron chi connectivity index (χ4n) is 2.46. The van der Waals surface area contributed by atoms with Gasteiger partial charge in [-0.3, -0.25) is 4.79 Å². The monoisotopic (exact) mass is 226 g/mol. The Hall–Kier alpha value is -2.03. The predicted molar refractivity (Wildman–Crippen MR) is 69.9 cm³/mol. The Labute approximate surface area is 99.8 Å². The number of nitrogens with zero attached hydrogens (tertiary/aromatic N) is 1. The van der Waals surface area contributed by atoms with E-state index in [2.05, 4.69) is 0 Å². The average molecular weight is 226 g/mol. The average Bonchev–Trinajstić information content (AvgIpc) is 2.75. The van der Waals surface area contributed by atoms with Crippen LogP contribution >= 0.6 is 0 Å². The molecular formula is C14H14N2O. The summed E-state index contributed by atoms with van der Waals surface area (Å²) in [4.78, 5) is 13.7. The number of fused-ring (bicyclic) bond motifs is 1. The molecule has 1 amide bonds. The van der Waals surface area contributed by atoms with Gasteiger partial charge in [0.05, 0.1) is 11.4 Å². The lowest BCUT2D eigenvalue weighted by Crippen LogP contribution is -2.24. The Morgan fingerprint density at radius 2 is 1.94 bits per heavy atom. The van der Waals surface area contributed by atoms with Gasteiger partial charge in [0.15, 0.2) is 0 Å². The van der Waals surface area contributed by atoms with Crippen molar-refractivity contribution >= 4 is 28.1 Å². The van der Waals surface area contributed by atoms with Crippen molar-refractivity contribution in [1.29, 1.82) is 0 Å². The molecular weight excluding hydrogens is 212 g/mol. The fourth-order valence-corrected chi connectivity index (χ4v) is 2.46. The zero-order valence-corrected chi connectivity index (χ0v) is 9.52. The number of amides is 1. The van der Waals surface area contributed by atoms with Crippen molar-refractivity contribution in [2.45, 2.75) is 12.8 Å². The second-order valence-corrected chi connectivity index (χ2v) is 4.37. The van der Waals surface area contributed by atoms with E-state index in [1.807, 2.05) is 41.3 Å². The molecule has 3 nitrogen and oxygen atoms in total. The van der Waals surface area contributed by atoms with Gasteiger partial charge in [-0.05, 0) is 17.9 Å². The summed E-state index contributed by atoms with van der Waals surface area (Å²) in [6, 6.07) is 11.9. The predicted octanol–water partition coefficient (Wildman–Crippen LogP) is 2.55. The van der Waals surface area contributed by atoms with Gasteiger partial charge in [-0.25, -0.2) is 0 Å². The molecule has 2 N–H and O–H groups in total. The van der Waals surface area contributed by atoms with Gasteiger partial charge in [-0.15, -0.1) is 0 Å². The Morgan fingerprint density at radius 1 is 1.12 bits per heavy atom. The molecule has 3 heteroatoms. The number of hydrogen-bond donors (Lipinski definition) is 1. The minimum atomic E-state index is 0.174. The van der Waals surface area contributed by atoms with Crippen LogP contribution in [0.1, 0.15) is 12.8 Å². The van der Waals surface area contributed by atoms with Crippen molar-refractivity contribution in [1.82, 2.24) is 0 Å². The minimum absolute atomic E-state index is 0.174. The van der Waals surface area contributed by atoms with Gasteiger partial charge in [-0.2, -0.15) is 0 Å². The summed E-state index contributed by atoms with van der Waals surface area (Å²) >= 11 is 0. The summed E-state index contributed by atoms with van der Waals surface area (Å²) in [7, 11) is 0. The molecule has 0 aromatic heterocycles.